The Morgan fingerprint density at radius 1 is 1.08 bits per heavy atom. The first-order valence-electron chi connectivity index (χ1n) is 12.3. The fraction of sp³-hybridized carbons (Fsp3) is 0.286. The van der Waals surface area contributed by atoms with Crippen LogP contribution >= 0.6 is 0 Å². The van der Waals surface area contributed by atoms with E-state index in [4.69, 9.17) is 14.6 Å². The molecular weight excluding hydrogens is 508 g/mol. The lowest BCUT2D eigenvalue weighted by Crippen LogP contribution is -2.45. The number of halogens is 2. The molecule has 0 unspecified atom stereocenters. The number of hydrogen-bond acceptors (Lipinski definition) is 6. The molecule has 11 heteroatoms. The van der Waals surface area contributed by atoms with E-state index in [1.54, 1.807) is 10.9 Å². The largest absolute Gasteiger partial charge is 0.494 e. The van der Waals surface area contributed by atoms with Crippen LogP contribution in [0.3, 0.4) is 0 Å². The van der Waals surface area contributed by atoms with E-state index in [1.807, 2.05) is 31.2 Å². The number of nitrogens with zero attached hydrogens (tertiary/aromatic N) is 4. The van der Waals surface area contributed by atoms with Crippen LogP contribution in [0.25, 0.3) is 0 Å². The molecule has 0 saturated carbocycles. The lowest BCUT2D eigenvalue weighted by atomic mass is 9.83. The highest BCUT2D eigenvalue weighted by Gasteiger charge is 2.41. The van der Waals surface area contributed by atoms with E-state index in [-0.39, 0.29) is 30.1 Å². The van der Waals surface area contributed by atoms with Gasteiger partial charge in [-0.3, -0.25) is 19.3 Å². The van der Waals surface area contributed by atoms with Crippen molar-refractivity contribution in [2.75, 3.05) is 20.3 Å². The first-order valence-corrected chi connectivity index (χ1v) is 12.3. The average Bonchev–Trinajstić information content (AvgIpc) is 3.34. The highest BCUT2D eigenvalue weighted by Crippen LogP contribution is 2.33. The SMILES string of the molecule is COc1ccnc(CNC(=O)c2cn(Cc3ccc(Cn4cc(F)ccc4=O)cc3)nc2C2(C)COC2)c1F. The molecule has 1 aliphatic rings. The Morgan fingerprint density at radius 2 is 1.79 bits per heavy atom. The van der Waals surface area contributed by atoms with Crippen LogP contribution in [0.15, 0.2) is 65.8 Å². The van der Waals surface area contributed by atoms with Crippen LogP contribution in [0.5, 0.6) is 5.75 Å². The van der Waals surface area contributed by atoms with Crippen LogP contribution < -0.4 is 15.6 Å². The maximum atomic E-state index is 14.5. The first-order chi connectivity index (χ1) is 18.8. The number of pyridine rings is 2. The molecule has 1 N–H and O–H groups in total. The smallest absolute Gasteiger partial charge is 0.255 e. The Labute approximate surface area is 223 Å². The van der Waals surface area contributed by atoms with Crippen LogP contribution in [0, 0.1) is 11.6 Å². The van der Waals surface area contributed by atoms with Gasteiger partial charge in [0.05, 0.1) is 62.3 Å². The molecule has 39 heavy (non-hydrogen) atoms. The lowest BCUT2D eigenvalue weighted by Gasteiger charge is -2.37. The van der Waals surface area contributed by atoms with E-state index in [0.717, 1.165) is 17.2 Å². The molecule has 3 aromatic heterocycles. The minimum atomic E-state index is -0.624. The van der Waals surface area contributed by atoms with E-state index >= 15 is 0 Å². The molecule has 1 aromatic carbocycles. The molecular formula is C28H27F2N5O4. The van der Waals surface area contributed by atoms with E-state index < -0.39 is 23.0 Å². The molecule has 9 nitrogen and oxygen atoms in total. The quantitative estimate of drug-likeness (QED) is 0.354. The van der Waals surface area contributed by atoms with Gasteiger partial charge in [-0.2, -0.15) is 5.10 Å². The van der Waals surface area contributed by atoms with Crippen molar-refractivity contribution in [3.63, 3.8) is 0 Å². The molecule has 202 valence electrons. The third-order valence-electron chi connectivity index (χ3n) is 6.65. The number of hydrogen-bond donors (Lipinski definition) is 1. The van der Waals surface area contributed by atoms with Crippen LogP contribution in [0.1, 0.15) is 39.8 Å². The molecule has 1 amide bonds. The summed E-state index contributed by atoms with van der Waals surface area (Å²) in [5.74, 6) is -1.45. The van der Waals surface area contributed by atoms with Gasteiger partial charge in [-0.25, -0.2) is 8.78 Å². The number of aromatic nitrogens is 4. The monoisotopic (exact) mass is 535 g/mol. The number of nitrogens with one attached hydrogen (secondary N) is 1. The van der Waals surface area contributed by atoms with Crippen molar-refractivity contribution >= 4 is 5.91 Å². The summed E-state index contributed by atoms with van der Waals surface area (Å²) in [6.45, 7) is 3.37. The van der Waals surface area contributed by atoms with Crippen LogP contribution in [0.4, 0.5) is 8.78 Å². The van der Waals surface area contributed by atoms with E-state index in [9.17, 15) is 18.4 Å². The Morgan fingerprint density at radius 3 is 2.46 bits per heavy atom. The minimum absolute atomic E-state index is 0.0518. The minimum Gasteiger partial charge on any atom is -0.494 e. The number of rotatable bonds is 9. The fourth-order valence-corrected chi connectivity index (χ4v) is 4.43. The summed E-state index contributed by atoms with van der Waals surface area (Å²) in [5.41, 5.74) is 2.11. The molecule has 5 rings (SSSR count). The lowest BCUT2D eigenvalue weighted by molar-refractivity contribution is -0.0525. The average molecular weight is 536 g/mol. The van der Waals surface area contributed by atoms with Gasteiger partial charge in [-0.1, -0.05) is 24.3 Å². The topological polar surface area (TPSA) is 100 Å². The number of amides is 1. The molecule has 0 radical (unpaired) electrons. The van der Waals surface area contributed by atoms with Crippen LogP contribution in [-0.4, -0.2) is 45.6 Å². The molecule has 0 aliphatic carbocycles. The standard InChI is InChI=1S/C28H27F2N5O4/c1-28(16-39-17-28)26-21(27(37)32-11-22-25(30)23(38-2)9-10-31-22)15-35(33-26)13-19-5-3-18(4-6-19)12-34-14-20(29)7-8-24(34)36/h3-10,14-15H,11-13,16-17H2,1-2H3,(H,32,37). The zero-order valence-corrected chi connectivity index (χ0v) is 21.5. The highest BCUT2D eigenvalue weighted by atomic mass is 19.1. The summed E-state index contributed by atoms with van der Waals surface area (Å²) >= 11 is 0. The summed E-state index contributed by atoms with van der Waals surface area (Å²) in [6, 6.07) is 11.3. The second-order valence-electron chi connectivity index (χ2n) is 9.73. The van der Waals surface area contributed by atoms with Crippen molar-refractivity contribution in [1.29, 1.82) is 0 Å². The highest BCUT2D eigenvalue weighted by molar-refractivity contribution is 5.95. The van der Waals surface area contributed by atoms with Gasteiger partial charge in [0, 0.05) is 30.7 Å². The van der Waals surface area contributed by atoms with Gasteiger partial charge >= 0.3 is 0 Å². The molecule has 1 fully saturated rings. The van der Waals surface area contributed by atoms with Gasteiger partial charge in [0.1, 0.15) is 5.82 Å². The molecule has 0 atom stereocenters. The maximum Gasteiger partial charge on any atom is 0.255 e. The van der Waals surface area contributed by atoms with Crippen molar-refractivity contribution in [2.45, 2.75) is 32.0 Å². The van der Waals surface area contributed by atoms with Crippen molar-refractivity contribution in [2.24, 2.45) is 0 Å². The Balaban J connectivity index is 1.32. The molecule has 4 heterocycles. The number of carbonyl (C=O) groups excluding carboxylic acids is 1. The molecule has 0 spiro atoms. The zero-order chi connectivity index (χ0) is 27.6. The summed E-state index contributed by atoms with van der Waals surface area (Å²) in [7, 11) is 1.36. The van der Waals surface area contributed by atoms with Gasteiger partial charge in [0.25, 0.3) is 11.5 Å². The van der Waals surface area contributed by atoms with Crippen molar-refractivity contribution in [3.05, 3.63) is 111 Å². The molecule has 1 aliphatic heterocycles. The summed E-state index contributed by atoms with van der Waals surface area (Å²) in [4.78, 5) is 29.2. The molecule has 4 aromatic rings. The second kappa shape index (κ2) is 10.8. The summed E-state index contributed by atoms with van der Waals surface area (Å²) in [5, 5.41) is 7.45. The first kappa shape index (κ1) is 26.2. The Kier molecular flexibility index (Phi) is 7.25. The van der Waals surface area contributed by atoms with Gasteiger partial charge in [-0.05, 0) is 24.1 Å². The number of methoxy groups -OCH3 is 1. The Bertz CT molecular complexity index is 1560. The maximum absolute atomic E-state index is 14.5. The van der Waals surface area contributed by atoms with E-state index in [2.05, 4.69) is 10.3 Å². The van der Waals surface area contributed by atoms with Crippen LogP contribution in [0.2, 0.25) is 0 Å². The van der Waals surface area contributed by atoms with Crippen molar-refractivity contribution in [1.82, 2.24) is 24.6 Å². The van der Waals surface area contributed by atoms with E-state index in [0.29, 0.717) is 31.0 Å². The van der Waals surface area contributed by atoms with E-state index in [1.165, 1.54) is 36.2 Å². The van der Waals surface area contributed by atoms with Crippen LogP contribution in [-0.2, 0) is 29.8 Å². The predicted octanol–water partition coefficient (Wildman–Crippen LogP) is 3.04. The third kappa shape index (κ3) is 5.58. The summed E-state index contributed by atoms with van der Waals surface area (Å²) < 4.78 is 41.4. The van der Waals surface area contributed by atoms with Crippen molar-refractivity contribution < 1.29 is 23.0 Å². The molecule has 0 bridgehead atoms. The number of carbonyl (C=O) groups is 1. The second-order valence-corrected chi connectivity index (χ2v) is 9.73. The van der Waals surface area contributed by atoms with Gasteiger partial charge in [-0.15, -0.1) is 0 Å². The third-order valence-corrected chi connectivity index (χ3v) is 6.65. The van der Waals surface area contributed by atoms with Gasteiger partial charge in [0.2, 0.25) is 0 Å². The van der Waals surface area contributed by atoms with Gasteiger partial charge < -0.3 is 19.4 Å². The number of ether oxygens (including phenoxy) is 2. The zero-order valence-electron chi connectivity index (χ0n) is 21.5. The number of benzene rings is 1. The molecule has 1 saturated heterocycles. The van der Waals surface area contributed by atoms with Gasteiger partial charge in [0.15, 0.2) is 11.6 Å². The summed E-state index contributed by atoms with van der Waals surface area (Å²) in [6.07, 6.45) is 4.27. The fourth-order valence-electron chi connectivity index (χ4n) is 4.43. The predicted molar refractivity (Wildman–Crippen MR) is 138 cm³/mol. The van der Waals surface area contributed by atoms with Crippen molar-refractivity contribution in [3.8, 4) is 5.75 Å². The normalized spacial score (nSPS) is 14.1. The Hall–Kier alpha value is -4.38.